The Kier molecular flexibility index (Phi) is 4.30. The molecule has 1 aromatic carbocycles. The highest BCUT2D eigenvalue weighted by Crippen LogP contribution is 2.44. The van der Waals surface area contributed by atoms with Crippen LogP contribution in [0.1, 0.15) is 19.5 Å². The summed E-state index contributed by atoms with van der Waals surface area (Å²) in [5, 5.41) is 15.9. The molecule has 0 radical (unpaired) electrons. The summed E-state index contributed by atoms with van der Waals surface area (Å²) < 4.78 is 7.22. The van der Waals surface area contributed by atoms with Gasteiger partial charge < -0.3 is 9.64 Å². The number of methoxy groups -OCH3 is 1. The largest absolute Gasteiger partial charge is 0.490 e. The van der Waals surface area contributed by atoms with Crippen LogP contribution in [0.3, 0.4) is 0 Å². The molecule has 2 aromatic rings. The second-order valence-corrected chi connectivity index (χ2v) is 7.57. The number of nitrogens with zero attached hydrogens (tertiary/aromatic N) is 5. The normalized spacial score (nSPS) is 17.3. The second-order valence-electron chi connectivity index (χ2n) is 7.57. The number of fused-ring (bicyclic) bond motifs is 3. The van der Waals surface area contributed by atoms with Crippen molar-refractivity contribution in [3.05, 3.63) is 34.1 Å². The van der Waals surface area contributed by atoms with E-state index >= 15 is 0 Å². The molecule has 4 rings (SSSR count). The number of rotatable bonds is 4. The Labute approximate surface area is 158 Å². The monoisotopic (exact) mass is 371 g/mol. The first kappa shape index (κ1) is 17.8. The first-order valence-corrected chi connectivity index (χ1v) is 9.29. The number of aromatic nitrogens is 2. The fourth-order valence-electron chi connectivity index (χ4n) is 4.13. The number of nitro benzene ring substituents is 1. The molecule has 144 valence electrons. The van der Waals surface area contributed by atoms with Crippen LogP contribution in [-0.4, -0.2) is 58.4 Å². The summed E-state index contributed by atoms with van der Waals surface area (Å²) in [7, 11) is 3.41. The van der Waals surface area contributed by atoms with Gasteiger partial charge in [-0.2, -0.15) is 5.10 Å². The molecule has 2 aliphatic rings. The van der Waals surface area contributed by atoms with Crippen LogP contribution in [0.15, 0.2) is 18.3 Å². The second kappa shape index (κ2) is 6.53. The van der Waals surface area contributed by atoms with Gasteiger partial charge in [-0.3, -0.25) is 19.7 Å². The third kappa shape index (κ3) is 2.84. The quantitative estimate of drug-likeness (QED) is 0.607. The minimum atomic E-state index is -0.381. The van der Waals surface area contributed by atoms with Gasteiger partial charge in [0, 0.05) is 73.8 Å². The molecule has 1 fully saturated rings. The summed E-state index contributed by atoms with van der Waals surface area (Å²) in [6.07, 6.45) is 2.67. The minimum absolute atomic E-state index is 0.00896. The lowest BCUT2D eigenvalue weighted by molar-refractivity contribution is -0.385. The lowest BCUT2D eigenvalue weighted by atomic mass is 10.00. The van der Waals surface area contributed by atoms with Crippen LogP contribution < -0.4 is 9.64 Å². The standard InChI is InChI=1S/C19H25N5O3/c1-12(2)22-10-13(11-22)23-6-5-16-15(9-20-21(16)3)14-7-18(24(25)26)19(27-4)8-17(14)23/h7-9,12-13H,5-6,10-11H2,1-4H3. The van der Waals surface area contributed by atoms with Crippen molar-refractivity contribution < 1.29 is 9.66 Å². The van der Waals surface area contributed by atoms with Gasteiger partial charge in [-0.05, 0) is 13.8 Å². The van der Waals surface area contributed by atoms with Crippen molar-refractivity contribution in [3.8, 4) is 16.9 Å². The minimum Gasteiger partial charge on any atom is -0.490 e. The van der Waals surface area contributed by atoms with Crippen LogP contribution in [0, 0.1) is 10.1 Å². The molecule has 0 N–H and O–H groups in total. The fourth-order valence-corrected chi connectivity index (χ4v) is 4.13. The molecule has 8 heteroatoms. The van der Waals surface area contributed by atoms with Gasteiger partial charge in [-0.25, -0.2) is 0 Å². The Morgan fingerprint density at radius 1 is 1.30 bits per heavy atom. The van der Waals surface area contributed by atoms with Crippen molar-refractivity contribution in [2.75, 3.05) is 31.6 Å². The first-order chi connectivity index (χ1) is 12.9. The van der Waals surface area contributed by atoms with E-state index in [1.54, 1.807) is 6.07 Å². The van der Waals surface area contributed by atoms with Crippen LogP contribution in [0.5, 0.6) is 5.75 Å². The molecular formula is C19H25N5O3. The first-order valence-electron chi connectivity index (χ1n) is 9.29. The van der Waals surface area contributed by atoms with E-state index < -0.39 is 0 Å². The maximum Gasteiger partial charge on any atom is 0.311 e. The summed E-state index contributed by atoms with van der Waals surface area (Å²) in [6, 6.07) is 4.40. The summed E-state index contributed by atoms with van der Waals surface area (Å²) >= 11 is 0. The lowest BCUT2D eigenvalue weighted by Crippen LogP contribution is -2.61. The van der Waals surface area contributed by atoms with E-state index in [9.17, 15) is 10.1 Å². The van der Waals surface area contributed by atoms with E-state index in [0.717, 1.165) is 48.6 Å². The molecule has 0 atom stereocenters. The summed E-state index contributed by atoms with van der Waals surface area (Å²) in [6.45, 7) is 7.29. The van der Waals surface area contributed by atoms with Gasteiger partial charge in [-0.1, -0.05) is 0 Å². The molecule has 27 heavy (non-hydrogen) atoms. The fraction of sp³-hybridized carbons (Fsp3) is 0.526. The molecule has 0 saturated carbocycles. The van der Waals surface area contributed by atoms with Crippen LogP contribution in [0.2, 0.25) is 0 Å². The van der Waals surface area contributed by atoms with Crippen molar-refractivity contribution in [2.24, 2.45) is 7.05 Å². The molecule has 2 aliphatic heterocycles. The van der Waals surface area contributed by atoms with Crippen LogP contribution in [0.4, 0.5) is 11.4 Å². The number of benzene rings is 1. The number of aryl methyl sites for hydroxylation is 1. The highest BCUT2D eigenvalue weighted by molar-refractivity contribution is 5.85. The van der Waals surface area contributed by atoms with Gasteiger partial charge in [0.2, 0.25) is 0 Å². The van der Waals surface area contributed by atoms with Crippen LogP contribution in [0.25, 0.3) is 11.1 Å². The third-order valence-corrected chi connectivity index (χ3v) is 5.81. The Hall–Kier alpha value is -2.61. The topological polar surface area (TPSA) is 76.7 Å². The van der Waals surface area contributed by atoms with E-state index in [4.69, 9.17) is 4.74 Å². The molecule has 0 amide bonds. The molecule has 0 spiro atoms. The van der Waals surface area contributed by atoms with E-state index in [0.29, 0.717) is 17.8 Å². The predicted octanol–water partition coefficient (Wildman–Crippen LogP) is 2.46. The molecule has 8 nitrogen and oxygen atoms in total. The Bertz CT molecular complexity index is 886. The number of hydrogen-bond acceptors (Lipinski definition) is 6. The summed E-state index contributed by atoms with van der Waals surface area (Å²) in [5.41, 5.74) is 3.94. The zero-order chi connectivity index (χ0) is 19.3. The number of nitro groups is 1. The lowest BCUT2D eigenvalue weighted by Gasteiger charge is -2.48. The number of likely N-dealkylation sites (tertiary alicyclic amines) is 1. The van der Waals surface area contributed by atoms with Crippen LogP contribution in [-0.2, 0) is 13.5 Å². The van der Waals surface area contributed by atoms with Crippen molar-refractivity contribution in [2.45, 2.75) is 32.4 Å². The maximum absolute atomic E-state index is 11.6. The van der Waals surface area contributed by atoms with E-state index in [1.807, 2.05) is 24.0 Å². The Morgan fingerprint density at radius 2 is 2.04 bits per heavy atom. The van der Waals surface area contributed by atoms with Gasteiger partial charge in [-0.15, -0.1) is 0 Å². The van der Waals surface area contributed by atoms with Gasteiger partial charge >= 0.3 is 5.69 Å². The van der Waals surface area contributed by atoms with Crippen LogP contribution >= 0.6 is 0 Å². The average molecular weight is 371 g/mol. The summed E-state index contributed by atoms with van der Waals surface area (Å²) in [4.78, 5) is 16.0. The smallest absolute Gasteiger partial charge is 0.311 e. The molecule has 0 aliphatic carbocycles. The Morgan fingerprint density at radius 3 is 2.67 bits per heavy atom. The number of hydrogen-bond donors (Lipinski definition) is 0. The number of ether oxygens (including phenoxy) is 1. The van der Waals surface area contributed by atoms with E-state index in [2.05, 4.69) is 28.7 Å². The highest BCUT2D eigenvalue weighted by atomic mass is 16.6. The average Bonchev–Trinajstić information content (AvgIpc) is 2.87. The van der Waals surface area contributed by atoms with Crippen molar-refractivity contribution in [1.29, 1.82) is 0 Å². The maximum atomic E-state index is 11.6. The van der Waals surface area contributed by atoms with E-state index in [1.165, 1.54) is 7.11 Å². The van der Waals surface area contributed by atoms with Crippen molar-refractivity contribution in [3.63, 3.8) is 0 Å². The van der Waals surface area contributed by atoms with Crippen molar-refractivity contribution in [1.82, 2.24) is 14.7 Å². The molecule has 3 heterocycles. The highest BCUT2D eigenvalue weighted by Gasteiger charge is 2.37. The molecule has 1 aromatic heterocycles. The van der Waals surface area contributed by atoms with Gasteiger partial charge in [0.15, 0.2) is 5.75 Å². The Balaban J connectivity index is 1.82. The predicted molar refractivity (Wildman–Crippen MR) is 103 cm³/mol. The third-order valence-electron chi connectivity index (χ3n) is 5.81. The van der Waals surface area contributed by atoms with Gasteiger partial charge in [0.25, 0.3) is 0 Å². The van der Waals surface area contributed by atoms with Gasteiger partial charge in [0.05, 0.1) is 24.3 Å². The zero-order valence-corrected chi connectivity index (χ0v) is 16.2. The van der Waals surface area contributed by atoms with Crippen molar-refractivity contribution >= 4 is 11.4 Å². The SMILES string of the molecule is COc1cc2c(cc1[N+](=O)[O-])-c1cnn(C)c1CCN2C1CN(C(C)C)C1. The molecule has 0 unspecified atom stereocenters. The molecule has 0 bridgehead atoms. The summed E-state index contributed by atoms with van der Waals surface area (Å²) in [5.74, 6) is 0.302. The number of anilines is 1. The van der Waals surface area contributed by atoms with E-state index in [-0.39, 0.29) is 10.6 Å². The molecular weight excluding hydrogens is 346 g/mol. The van der Waals surface area contributed by atoms with Gasteiger partial charge in [0.1, 0.15) is 0 Å². The zero-order valence-electron chi connectivity index (χ0n) is 16.2. The molecule has 1 saturated heterocycles.